The van der Waals surface area contributed by atoms with E-state index in [2.05, 4.69) is 88.9 Å². The number of nitrogens with zero attached hydrogens (tertiary/aromatic N) is 2. The zero-order valence-corrected chi connectivity index (χ0v) is 23.1. The first-order chi connectivity index (χ1) is 19.4. The third-order valence-corrected chi connectivity index (χ3v) is 8.66. The van der Waals surface area contributed by atoms with Crippen LogP contribution >= 0.6 is 0 Å². The number of H-pyrrole nitrogens is 1. The molecular formula is C33H34N4O3. The number of anilines is 1. The largest absolute Gasteiger partial charge is 0.497 e. The van der Waals surface area contributed by atoms with Gasteiger partial charge in [-0.3, -0.25) is 14.8 Å². The molecule has 3 aliphatic rings. The Bertz CT molecular complexity index is 1610. The van der Waals surface area contributed by atoms with E-state index < -0.39 is 5.41 Å². The highest BCUT2D eigenvalue weighted by Gasteiger charge is 2.65. The number of hydrogen-bond acceptors (Lipinski definition) is 5. The Balaban J connectivity index is 1.06. The molecule has 204 valence electrons. The molecule has 0 unspecified atom stereocenters. The van der Waals surface area contributed by atoms with E-state index in [1.165, 1.54) is 5.56 Å². The molecule has 1 spiro atoms. The maximum absolute atomic E-state index is 13.0. The molecule has 1 saturated carbocycles. The molecule has 3 heterocycles. The Hall–Kier alpha value is -3.94. The van der Waals surface area contributed by atoms with Crippen LogP contribution in [0.2, 0.25) is 0 Å². The molecule has 2 fully saturated rings. The predicted molar refractivity (Wildman–Crippen MR) is 157 cm³/mol. The number of aromatic amines is 1. The van der Waals surface area contributed by atoms with Crippen LogP contribution < -0.4 is 10.1 Å². The van der Waals surface area contributed by atoms with E-state index in [0.717, 1.165) is 70.8 Å². The average Bonchev–Trinajstić information content (AvgIpc) is 3.48. The summed E-state index contributed by atoms with van der Waals surface area (Å²) in [6.45, 7) is 7.16. The van der Waals surface area contributed by atoms with Crippen LogP contribution in [0.15, 0.2) is 60.7 Å². The van der Waals surface area contributed by atoms with E-state index in [-0.39, 0.29) is 24.0 Å². The van der Waals surface area contributed by atoms with Crippen molar-refractivity contribution in [2.24, 2.45) is 0 Å². The first-order valence-corrected chi connectivity index (χ1v) is 14.1. The number of carbonyl (C=O) groups excluding carboxylic acids is 1. The average molecular weight is 535 g/mol. The van der Waals surface area contributed by atoms with Crippen LogP contribution in [0.5, 0.6) is 5.75 Å². The van der Waals surface area contributed by atoms with Gasteiger partial charge < -0.3 is 14.8 Å². The van der Waals surface area contributed by atoms with Crippen molar-refractivity contribution in [1.82, 2.24) is 15.1 Å². The number of rotatable bonds is 6. The van der Waals surface area contributed by atoms with Crippen LogP contribution in [-0.4, -0.2) is 53.4 Å². The topological polar surface area (TPSA) is 79.5 Å². The van der Waals surface area contributed by atoms with Crippen LogP contribution in [0.3, 0.4) is 0 Å². The lowest BCUT2D eigenvalue weighted by molar-refractivity contribution is -0.118. The van der Waals surface area contributed by atoms with Gasteiger partial charge in [-0.1, -0.05) is 42.5 Å². The van der Waals surface area contributed by atoms with Gasteiger partial charge in [0, 0.05) is 36.6 Å². The number of hydrogen-bond donors (Lipinski definition) is 2. The molecule has 0 radical (unpaired) electrons. The minimum Gasteiger partial charge on any atom is -0.497 e. The van der Waals surface area contributed by atoms with Crippen molar-refractivity contribution >= 4 is 34.6 Å². The van der Waals surface area contributed by atoms with Crippen molar-refractivity contribution in [3.63, 3.8) is 0 Å². The number of aromatic nitrogens is 2. The standard InChI is InChI=1S/C33H34N4O3/c1-20-17-37(18-21(2)40-20)19-23-6-4-22(5-7-23)8-12-29-26-11-9-24(14-31(26)36-35-29)28-16-33(28)27-15-25(39-3)10-13-30(27)34-32(33)38/h4-15,20-21,28H,16-19H2,1-3H3,(H,34,38)(H,35,36)/t20-,21+,28-,33-/m0/s1. The molecule has 4 atom stereocenters. The molecule has 7 rings (SSSR count). The molecule has 40 heavy (non-hydrogen) atoms. The van der Waals surface area contributed by atoms with E-state index in [4.69, 9.17) is 9.47 Å². The molecule has 0 bridgehead atoms. The van der Waals surface area contributed by atoms with Crippen molar-refractivity contribution in [2.45, 2.75) is 50.4 Å². The van der Waals surface area contributed by atoms with Crippen LogP contribution in [0.4, 0.5) is 5.69 Å². The second-order valence-electron chi connectivity index (χ2n) is 11.5. The van der Waals surface area contributed by atoms with Gasteiger partial charge in [-0.2, -0.15) is 5.10 Å². The molecule has 7 heteroatoms. The van der Waals surface area contributed by atoms with Gasteiger partial charge in [-0.15, -0.1) is 0 Å². The molecule has 7 nitrogen and oxygen atoms in total. The Morgan fingerprint density at radius 3 is 2.62 bits per heavy atom. The molecule has 1 saturated heterocycles. The normalized spacial score (nSPS) is 26.0. The predicted octanol–water partition coefficient (Wildman–Crippen LogP) is 5.73. The van der Waals surface area contributed by atoms with Gasteiger partial charge in [0.1, 0.15) is 5.75 Å². The smallest absolute Gasteiger partial charge is 0.235 e. The van der Waals surface area contributed by atoms with Crippen molar-refractivity contribution in [3.05, 3.63) is 88.6 Å². The Morgan fingerprint density at radius 1 is 1.05 bits per heavy atom. The lowest BCUT2D eigenvalue weighted by Crippen LogP contribution is -2.44. The summed E-state index contributed by atoms with van der Waals surface area (Å²) in [5.41, 5.74) is 6.90. The number of benzene rings is 3. The first kappa shape index (κ1) is 25.1. The fourth-order valence-electron chi connectivity index (χ4n) is 6.68. The third kappa shape index (κ3) is 4.30. The number of fused-ring (bicyclic) bond motifs is 3. The molecule has 1 aromatic heterocycles. The highest BCUT2D eigenvalue weighted by Crippen LogP contribution is 2.65. The van der Waals surface area contributed by atoms with Crippen molar-refractivity contribution in [3.8, 4) is 5.75 Å². The van der Waals surface area contributed by atoms with Gasteiger partial charge in [0.05, 0.1) is 35.9 Å². The highest BCUT2D eigenvalue weighted by molar-refractivity contribution is 6.10. The summed E-state index contributed by atoms with van der Waals surface area (Å²) in [6, 6.07) is 21.0. The SMILES string of the molecule is COc1ccc2c(c1)[C@]1(C[C@H]1c1ccc3c(C=Cc4ccc(CN5C[C@@H](C)O[C@@H](C)C5)cc4)n[nH]c3c1)C(=O)N2. The van der Waals surface area contributed by atoms with Gasteiger partial charge in [0.2, 0.25) is 5.91 Å². The quantitative estimate of drug-likeness (QED) is 0.330. The van der Waals surface area contributed by atoms with Crippen LogP contribution in [0, 0.1) is 0 Å². The third-order valence-electron chi connectivity index (χ3n) is 8.66. The molecule has 1 amide bonds. The number of morpholine rings is 1. The minimum absolute atomic E-state index is 0.0779. The summed E-state index contributed by atoms with van der Waals surface area (Å²) in [4.78, 5) is 15.5. The summed E-state index contributed by atoms with van der Waals surface area (Å²) in [5, 5.41) is 11.9. The number of carbonyl (C=O) groups is 1. The maximum atomic E-state index is 13.0. The number of methoxy groups -OCH3 is 1. The minimum atomic E-state index is -0.509. The first-order valence-electron chi connectivity index (χ1n) is 14.1. The Labute approximate surface area is 234 Å². The summed E-state index contributed by atoms with van der Waals surface area (Å²) in [5.74, 6) is 0.987. The lowest BCUT2D eigenvalue weighted by atomic mass is 9.91. The van der Waals surface area contributed by atoms with E-state index >= 15 is 0 Å². The van der Waals surface area contributed by atoms with E-state index in [1.807, 2.05) is 18.2 Å². The lowest BCUT2D eigenvalue weighted by Gasteiger charge is -2.35. The molecular weight excluding hydrogens is 500 g/mol. The number of nitrogens with one attached hydrogen (secondary N) is 2. The molecule has 2 N–H and O–H groups in total. The van der Waals surface area contributed by atoms with Crippen molar-refractivity contribution in [1.29, 1.82) is 0 Å². The fourth-order valence-corrected chi connectivity index (χ4v) is 6.68. The van der Waals surface area contributed by atoms with Gasteiger partial charge in [-0.05, 0) is 72.9 Å². The fraction of sp³-hybridized carbons (Fsp3) is 0.333. The zero-order valence-electron chi connectivity index (χ0n) is 23.1. The Kier molecular flexibility index (Phi) is 6.02. The van der Waals surface area contributed by atoms with Crippen molar-refractivity contribution in [2.75, 3.05) is 25.5 Å². The monoisotopic (exact) mass is 534 g/mol. The Morgan fingerprint density at radius 2 is 1.85 bits per heavy atom. The summed E-state index contributed by atoms with van der Waals surface area (Å²) in [6.07, 6.45) is 5.52. The van der Waals surface area contributed by atoms with Crippen molar-refractivity contribution < 1.29 is 14.3 Å². The number of amides is 1. The van der Waals surface area contributed by atoms with Gasteiger partial charge in [-0.25, -0.2) is 0 Å². The number of ether oxygens (including phenoxy) is 2. The van der Waals surface area contributed by atoms with E-state index in [0.29, 0.717) is 0 Å². The molecule has 4 aromatic rings. The van der Waals surface area contributed by atoms with Crippen LogP contribution in [0.1, 0.15) is 54.1 Å². The maximum Gasteiger partial charge on any atom is 0.235 e. The van der Waals surface area contributed by atoms with Gasteiger partial charge >= 0.3 is 0 Å². The zero-order chi connectivity index (χ0) is 27.4. The van der Waals surface area contributed by atoms with E-state index in [9.17, 15) is 4.79 Å². The second-order valence-corrected chi connectivity index (χ2v) is 11.5. The van der Waals surface area contributed by atoms with Gasteiger partial charge in [0.15, 0.2) is 0 Å². The molecule has 1 aliphatic carbocycles. The second kappa shape index (κ2) is 9.61. The molecule has 2 aliphatic heterocycles. The van der Waals surface area contributed by atoms with Crippen LogP contribution in [-0.2, 0) is 21.5 Å². The summed E-state index contributed by atoms with van der Waals surface area (Å²) < 4.78 is 11.3. The molecule has 3 aromatic carbocycles. The highest BCUT2D eigenvalue weighted by atomic mass is 16.5. The summed E-state index contributed by atoms with van der Waals surface area (Å²) in [7, 11) is 1.66. The van der Waals surface area contributed by atoms with Gasteiger partial charge in [0.25, 0.3) is 0 Å². The van der Waals surface area contributed by atoms with E-state index in [1.54, 1.807) is 7.11 Å². The summed E-state index contributed by atoms with van der Waals surface area (Å²) >= 11 is 0. The van der Waals surface area contributed by atoms with Crippen LogP contribution in [0.25, 0.3) is 23.1 Å².